The van der Waals surface area contributed by atoms with Gasteiger partial charge in [0.1, 0.15) is 16.5 Å². The SMILES string of the molecule is Cn1cc(C#N)c(NS(=O)(=O)c2ccccc2Cl)n1. The molecule has 6 nitrogen and oxygen atoms in total. The minimum atomic E-state index is -3.87. The topological polar surface area (TPSA) is 87.8 Å². The maximum Gasteiger partial charge on any atom is 0.264 e. The Kier molecular flexibility index (Phi) is 3.46. The Hall–Kier alpha value is -2.04. The summed E-state index contributed by atoms with van der Waals surface area (Å²) < 4.78 is 27.9. The first kappa shape index (κ1) is 13.4. The average Bonchev–Trinajstić information content (AvgIpc) is 2.69. The van der Waals surface area contributed by atoms with Crippen LogP contribution in [0.5, 0.6) is 0 Å². The molecule has 1 aromatic carbocycles. The van der Waals surface area contributed by atoms with Crippen LogP contribution in [-0.2, 0) is 17.1 Å². The second-order valence-electron chi connectivity index (χ2n) is 3.71. The number of benzene rings is 1. The summed E-state index contributed by atoms with van der Waals surface area (Å²) in [6.07, 6.45) is 1.42. The van der Waals surface area contributed by atoms with Gasteiger partial charge in [-0.3, -0.25) is 9.40 Å². The van der Waals surface area contributed by atoms with Gasteiger partial charge in [-0.2, -0.15) is 10.4 Å². The van der Waals surface area contributed by atoms with Crippen molar-refractivity contribution in [2.45, 2.75) is 4.90 Å². The maximum absolute atomic E-state index is 12.1. The van der Waals surface area contributed by atoms with Crippen molar-refractivity contribution in [3.8, 4) is 6.07 Å². The molecular formula is C11H9ClN4O2S. The molecule has 0 fully saturated rings. The number of nitrogens with zero attached hydrogens (tertiary/aromatic N) is 3. The molecule has 1 heterocycles. The van der Waals surface area contributed by atoms with Crippen LogP contribution >= 0.6 is 11.6 Å². The number of halogens is 1. The minimum Gasteiger partial charge on any atom is -0.272 e. The van der Waals surface area contributed by atoms with E-state index in [1.165, 1.54) is 23.0 Å². The monoisotopic (exact) mass is 296 g/mol. The molecule has 0 saturated carbocycles. The Bertz CT molecular complexity index is 761. The van der Waals surface area contributed by atoms with E-state index in [-0.39, 0.29) is 21.3 Å². The maximum atomic E-state index is 12.1. The van der Waals surface area contributed by atoms with Gasteiger partial charge in [0, 0.05) is 13.2 Å². The zero-order chi connectivity index (χ0) is 14.0. The number of hydrogen-bond donors (Lipinski definition) is 1. The number of rotatable bonds is 3. The van der Waals surface area contributed by atoms with Crippen LogP contribution in [0.3, 0.4) is 0 Å². The van der Waals surface area contributed by atoms with Crippen molar-refractivity contribution in [1.82, 2.24) is 9.78 Å². The third-order valence-corrected chi connectivity index (χ3v) is 4.15. The van der Waals surface area contributed by atoms with Crippen LogP contribution in [0.15, 0.2) is 35.4 Å². The number of nitriles is 1. The van der Waals surface area contributed by atoms with Crippen molar-refractivity contribution in [3.05, 3.63) is 41.0 Å². The van der Waals surface area contributed by atoms with Crippen molar-refractivity contribution in [2.75, 3.05) is 4.72 Å². The number of nitrogens with one attached hydrogen (secondary N) is 1. The molecule has 1 aromatic heterocycles. The first-order valence-electron chi connectivity index (χ1n) is 5.15. The molecule has 0 aliphatic heterocycles. The van der Waals surface area contributed by atoms with Gasteiger partial charge in [-0.1, -0.05) is 23.7 Å². The van der Waals surface area contributed by atoms with Crippen molar-refractivity contribution < 1.29 is 8.42 Å². The smallest absolute Gasteiger partial charge is 0.264 e. The van der Waals surface area contributed by atoms with E-state index < -0.39 is 10.0 Å². The fraction of sp³-hybridized carbons (Fsp3) is 0.0909. The summed E-state index contributed by atoms with van der Waals surface area (Å²) in [4.78, 5) is -0.0637. The molecule has 1 N–H and O–H groups in total. The van der Waals surface area contributed by atoms with Crippen molar-refractivity contribution in [2.24, 2.45) is 7.05 Å². The standard InChI is InChI=1S/C11H9ClN4O2S/c1-16-7-8(6-13)11(14-16)15-19(17,18)10-5-3-2-4-9(10)12/h2-5,7H,1H3,(H,14,15). The number of aromatic nitrogens is 2. The highest BCUT2D eigenvalue weighted by Crippen LogP contribution is 2.23. The van der Waals surface area contributed by atoms with Gasteiger partial charge in [-0.05, 0) is 12.1 Å². The van der Waals surface area contributed by atoms with E-state index in [0.29, 0.717) is 0 Å². The summed E-state index contributed by atoms with van der Waals surface area (Å²) in [5.41, 5.74) is 0.137. The average molecular weight is 297 g/mol. The highest BCUT2D eigenvalue weighted by Gasteiger charge is 2.20. The second kappa shape index (κ2) is 4.91. The summed E-state index contributed by atoms with van der Waals surface area (Å²) in [6, 6.07) is 7.90. The number of sulfonamides is 1. The van der Waals surface area contributed by atoms with Crippen molar-refractivity contribution in [1.29, 1.82) is 5.26 Å². The number of aryl methyl sites for hydroxylation is 1. The fourth-order valence-electron chi connectivity index (χ4n) is 1.49. The molecule has 0 unspecified atom stereocenters. The quantitative estimate of drug-likeness (QED) is 0.934. The number of anilines is 1. The Morgan fingerprint density at radius 3 is 2.74 bits per heavy atom. The summed E-state index contributed by atoms with van der Waals surface area (Å²) >= 11 is 5.84. The molecule has 0 amide bonds. The molecule has 8 heteroatoms. The van der Waals surface area contributed by atoms with Crippen LogP contribution in [0.1, 0.15) is 5.56 Å². The van der Waals surface area contributed by atoms with Crippen molar-refractivity contribution in [3.63, 3.8) is 0 Å². The van der Waals surface area contributed by atoms with E-state index in [0.717, 1.165) is 0 Å². The molecule has 0 aliphatic carbocycles. The lowest BCUT2D eigenvalue weighted by atomic mass is 10.4. The Morgan fingerprint density at radius 1 is 1.42 bits per heavy atom. The Balaban J connectivity index is 2.43. The summed E-state index contributed by atoms with van der Waals surface area (Å²) in [6.45, 7) is 0. The first-order valence-corrected chi connectivity index (χ1v) is 7.01. The molecule has 2 aromatic rings. The fourth-order valence-corrected chi connectivity index (χ4v) is 3.03. The van der Waals surface area contributed by atoms with Crippen LogP contribution in [0, 0.1) is 11.3 Å². The second-order valence-corrected chi connectivity index (χ2v) is 5.77. The van der Waals surface area contributed by atoms with E-state index >= 15 is 0 Å². The van der Waals surface area contributed by atoms with Gasteiger partial charge in [0.05, 0.1) is 5.02 Å². The molecule has 0 aliphatic rings. The van der Waals surface area contributed by atoms with Crippen LogP contribution in [-0.4, -0.2) is 18.2 Å². The minimum absolute atomic E-state index is 0.0232. The first-order chi connectivity index (χ1) is 8.94. The number of hydrogen-bond acceptors (Lipinski definition) is 4. The Labute approximate surface area is 115 Å². The van der Waals surface area contributed by atoms with Gasteiger partial charge < -0.3 is 0 Å². The van der Waals surface area contributed by atoms with Gasteiger partial charge in [0.25, 0.3) is 10.0 Å². The van der Waals surface area contributed by atoms with Crippen LogP contribution < -0.4 is 4.72 Å². The van der Waals surface area contributed by atoms with Gasteiger partial charge in [0.2, 0.25) is 0 Å². The van der Waals surface area contributed by atoms with E-state index in [1.807, 2.05) is 6.07 Å². The van der Waals surface area contributed by atoms with Gasteiger partial charge >= 0.3 is 0 Å². The predicted molar refractivity (Wildman–Crippen MR) is 70.2 cm³/mol. The zero-order valence-electron chi connectivity index (χ0n) is 9.83. The van der Waals surface area contributed by atoms with E-state index in [9.17, 15) is 8.42 Å². The summed E-state index contributed by atoms with van der Waals surface area (Å²) in [5, 5.41) is 12.9. The van der Waals surface area contributed by atoms with Crippen LogP contribution in [0.25, 0.3) is 0 Å². The predicted octanol–water partition coefficient (Wildman–Crippen LogP) is 1.75. The molecule has 19 heavy (non-hydrogen) atoms. The summed E-state index contributed by atoms with van der Waals surface area (Å²) in [7, 11) is -2.28. The Morgan fingerprint density at radius 2 is 2.11 bits per heavy atom. The van der Waals surface area contributed by atoms with Crippen LogP contribution in [0.2, 0.25) is 5.02 Å². The molecule has 2 rings (SSSR count). The zero-order valence-corrected chi connectivity index (χ0v) is 11.4. The lowest BCUT2D eigenvalue weighted by molar-refractivity contribution is 0.601. The highest BCUT2D eigenvalue weighted by molar-refractivity contribution is 7.92. The van der Waals surface area contributed by atoms with Crippen molar-refractivity contribution >= 4 is 27.4 Å². The third-order valence-electron chi connectivity index (χ3n) is 2.31. The molecule has 0 saturated heterocycles. The molecule has 98 valence electrons. The van der Waals surface area contributed by atoms with E-state index in [2.05, 4.69) is 9.82 Å². The van der Waals surface area contributed by atoms with Crippen LogP contribution in [0.4, 0.5) is 5.82 Å². The lowest BCUT2D eigenvalue weighted by Crippen LogP contribution is -2.14. The highest BCUT2D eigenvalue weighted by atomic mass is 35.5. The normalized spacial score (nSPS) is 11.0. The summed E-state index contributed by atoms with van der Waals surface area (Å²) in [5.74, 6) is -0.0232. The lowest BCUT2D eigenvalue weighted by Gasteiger charge is -2.07. The molecular weight excluding hydrogens is 288 g/mol. The van der Waals surface area contributed by atoms with E-state index in [1.54, 1.807) is 19.2 Å². The third kappa shape index (κ3) is 2.70. The van der Waals surface area contributed by atoms with Gasteiger partial charge in [-0.25, -0.2) is 8.42 Å². The van der Waals surface area contributed by atoms with Gasteiger partial charge in [-0.15, -0.1) is 0 Å². The van der Waals surface area contributed by atoms with Gasteiger partial charge in [0.15, 0.2) is 5.82 Å². The largest absolute Gasteiger partial charge is 0.272 e. The molecule has 0 spiro atoms. The molecule has 0 radical (unpaired) electrons. The molecule has 0 atom stereocenters. The molecule has 0 bridgehead atoms. The van der Waals surface area contributed by atoms with E-state index in [4.69, 9.17) is 16.9 Å².